The predicted molar refractivity (Wildman–Crippen MR) is 108 cm³/mol. The molecule has 1 aromatic carbocycles. The number of nitrogens with one attached hydrogen (secondary N) is 2. The van der Waals surface area contributed by atoms with Crippen LogP contribution in [0.15, 0.2) is 24.3 Å². The minimum atomic E-state index is -1.07. The fraction of sp³-hybridized carbons (Fsp3) is 0.476. The molecule has 2 rings (SSSR count). The van der Waals surface area contributed by atoms with Crippen LogP contribution in [0.25, 0.3) is 0 Å². The average Bonchev–Trinajstić information content (AvgIpc) is 2.89. The van der Waals surface area contributed by atoms with Crippen molar-refractivity contribution in [1.82, 2.24) is 15.5 Å². The van der Waals surface area contributed by atoms with Gasteiger partial charge < -0.3 is 10.1 Å². The Morgan fingerprint density at radius 2 is 1.73 bits per heavy atom. The summed E-state index contributed by atoms with van der Waals surface area (Å²) in [7, 11) is 0. The van der Waals surface area contributed by atoms with Crippen molar-refractivity contribution in [3.63, 3.8) is 0 Å². The molecular weight excluding hydrogens is 390 g/mol. The third-order valence-corrected chi connectivity index (χ3v) is 4.97. The van der Waals surface area contributed by atoms with Gasteiger partial charge in [0.2, 0.25) is 0 Å². The quantitative estimate of drug-likeness (QED) is 0.534. The second-order valence-electron chi connectivity index (χ2n) is 8.37. The Bertz CT molecular complexity index is 872. The fourth-order valence-electron chi connectivity index (χ4n) is 2.81. The average molecular weight is 417 g/mol. The van der Waals surface area contributed by atoms with Crippen LogP contribution in [0.1, 0.15) is 57.0 Å². The van der Waals surface area contributed by atoms with E-state index in [-0.39, 0.29) is 5.41 Å². The molecule has 5 amide bonds. The first kappa shape index (κ1) is 23.1. The summed E-state index contributed by atoms with van der Waals surface area (Å²) in [6.45, 7) is 8.10. The van der Waals surface area contributed by atoms with Crippen molar-refractivity contribution in [3.05, 3.63) is 35.4 Å². The van der Waals surface area contributed by atoms with Crippen molar-refractivity contribution < 1.29 is 28.7 Å². The highest BCUT2D eigenvalue weighted by Crippen LogP contribution is 2.22. The molecule has 0 saturated carbocycles. The number of esters is 1. The number of carbonyl (C=O) groups is 5. The first-order valence-electron chi connectivity index (χ1n) is 9.62. The van der Waals surface area contributed by atoms with Gasteiger partial charge in [-0.2, -0.15) is 0 Å². The second kappa shape index (κ2) is 8.64. The molecule has 0 bridgehead atoms. The van der Waals surface area contributed by atoms with E-state index in [1.165, 1.54) is 0 Å². The van der Waals surface area contributed by atoms with Gasteiger partial charge in [0.1, 0.15) is 12.1 Å². The molecule has 1 aromatic rings. The van der Waals surface area contributed by atoms with Crippen molar-refractivity contribution in [2.75, 3.05) is 13.2 Å². The molecule has 2 N–H and O–H groups in total. The number of nitrogens with zero attached hydrogens (tertiary/aromatic N) is 1. The predicted octanol–water partition coefficient (Wildman–Crippen LogP) is 1.50. The molecule has 1 aliphatic heterocycles. The maximum atomic E-state index is 12.2. The molecule has 9 heteroatoms. The van der Waals surface area contributed by atoms with Crippen molar-refractivity contribution in [2.24, 2.45) is 0 Å². The van der Waals surface area contributed by atoms with Crippen LogP contribution in [0.3, 0.4) is 0 Å². The lowest BCUT2D eigenvalue weighted by atomic mass is 9.87. The molecule has 0 aromatic heterocycles. The third-order valence-electron chi connectivity index (χ3n) is 4.97. The Kier molecular flexibility index (Phi) is 6.64. The van der Waals surface area contributed by atoms with E-state index in [1.54, 1.807) is 26.0 Å². The molecular formula is C21H27N3O6. The summed E-state index contributed by atoms with van der Waals surface area (Å²) < 4.78 is 4.79. The third kappa shape index (κ3) is 5.22. The van der Waals surface area contributed by atoms with Crippen LogP contribution in [0.2, 0.25) is 0 Å². The van der Waals surface area contributed by atoms with Crippen LogP contribution < -0.4 is 10.6 Å². The van der Waals surface area contributed by atoms with E-state index < -0.39 is 48.4 Å². The molecule has 1 heterocycles. The lowest BCUT2D eigenvalue weighted by Crippen LogP contribution is -2.43. The molecule has 1 atom stereocenters. The van der Waals surface area contributed by atoms with Gasteiger partial charge >= 0.3 is 12.0 Å². The van der Waals surface area contributed by atoms with Crippen LogP contribution in [0.4, 0.5) is 4.79 Å². The van der Waals surface area contributed by atoms with Crippen molar-refractivity contribution >= 4 is 29.7 Å². The van der Waals surface area contributed by atoms with E-state index in [0.29, 0.717) is 12.0 Å². The number of benzene rings is 1. The standard InChI is InChI=1S/C21H27N3O6/c1-6-21(5)18(28)24(19(29)23-21)11-16(26)30-12-15(25)22-17(27)13-7-9-14(10-8-13)20(2,3)4/h7-10H,6,11-12H2,1-5H3,(H,23,29)(H,22,25,27)/t21-/m0/s1. The van der Waals surface area contributed by atoms with E-state index >= 15 is 0 Å². The summed E-state index contributed by atoms with van der Waals surface area (Å²) in [4.78, 5) is 60.8. The second-order valence-corrected chi connectivity index (χ2v) is 8.37. The molecule has 1 aliphatic rings. The maximum Gasteiger partial charge on any atom is 0.326 e. The lowest BCUT2D eigenvalue weighted by molar-refractivity contribution is -0.150. The molecule has 9 nitrogen and oxygen atoms in total. The summed E-state index contributed by atoms with van der Waals surface area (Å²) in [6, 6.07) is 6.14. The van der Waals surface area contributed by atoms with E-state index in [9.17, 15) is 24.0 Å². The van der Waals surface area contributed by atoms with Gasteiger partial charge in [-0.25, -0.2) is 4.79 Å². The summed E-state index contributed by atoms with van der Waals surface area (Å²) >= 11 is 0. The largest absolute Gasteiger partial charge is 0.454 e. The summed E-state index contributed by atoms with van der Waals surface area (Å²) in [5.74, 6) is -2.91. The monoisotopic (exact) mass is 417 g/mol. The Morgan fingerprint density at radius 1 is 1.13 bits per heavy atom. The normalized spacial score (nSPS) is 18.8. The zero-order valence-corrected chi connectivity index (χ0v) is 17.8. The van der Waals surface area contributed by atoms with Gasteiger partial charge in [-0.05, 0) is 36.5 Å². The van der Waals surface area contributed by atoms with Gasteiger partial charge in [-0.15, -0.1) is 0 Å². The number of urea groups is 1. The van der Waals surface area contributed by atoms with Gasteiger partial charge in [0.25, 0.3) is 17.7 Å². The molecule has 0 unspecified atom stereocenters. The molecule has 1 fully saturated rings. The highest BCUT2D eigenvalue weighted by molar-refractivity contribution is 6.08. The smallest absolute Gasteiger partial charge is 0.326 e. The van der Waals surface area contributed by atoms with Gasteiger partial charge in [-0.3, -0.25) is 29.4 Å². The molecule has 0 spiro atoms. The van der Waals surface area contributed by atoms with E-state index in [2.05, 4.69) is 10.6 Å². The SMILES string of the molecule is CC[C@]1(C)NC(=O)N(CC(=O)OCC(=O)NC(=O)c2ccc(C(C)(C)C)cc2)C1=O. The lowest BCUT2D eigenvalue weighted by Gasteiger charge is -2.19. The van der Waals surface area contributed by atoms with Crippen LogP contribution in [0.5, 0.6) is 0 Å². The Balaban J connectivity index is 1.84. The van der Waals surface area contributed by atoms with Crippen molar-refractivity contribution in [1.29, 1.82) is 0 Å². The highest BCUT2D eigenvalue weighted by Gasteiger charge is 2.47. The zero-order valence-electron chi connectivity index (χ0n) is 17.8. The van der Waals surface area contributed by atoms with E-state index in [4.69, 9.17) is 4.74 Å². The van der Waals surface area contributed by atoms with Crippen LogP contribution in [-0.2, 0) is 24.5 Å². The Morgan fingerprint density at radius 3 is 2.23 bits per heavy atom. The van der Waals surface area contributed by atoms with Crippen LogP contribution in [0, 0.1) is 0 Å². The molecule has 162 valence electrons. The zero-order chi connectivity index (χ0) is 22.7. The van der Waals surface area contributed by atoms with Gasteiger partial charge in [0.05, 0.1) is 0 Å². The summed E-state index contributed by atoms with van der Waals surface area (Å²) in [6.07, 6.45) is 0.365. The Hall–Kier alpha value is -3.23. The van der Waals surface area contributed by atoms with Gasteiger partial charge in [0, 0.05) is 5.56 Å². The molecule has 0 radical (unpaired) electrons. The number of carbonyl (C=O) groups excluding carboxylic acids is 5. The number of ether oxygens (including phenoxy) is 1. The van der Waals surface area contributed by atoms with Crippen LogP contribution >= 0.6 is 0 Å². The number of hydrogen-bond acceptors (Lipinski definition) is 6. The van der Waals surface area contributed by atoms with Crippen LogP contribution in [-0.4, -0.2) is 53.3 Å². The number of hydrogen-bond donors (Lipinski definition) is 2. The van der Waals surface area contributed by atoms with Crippen molar-refractivity contribution in [3.8, 4) is 0 Å². The number of amides is 5. The molecule has 0 aliphatic carbocycles. The highest BCUT2D eigenvalue weighted by atomic mass is 16.5. The first-order valence-corrected chi connectivity index (χ1v) is 9.62. The molecule has 1 saturated heterocycles. The fourth-order valence-corrected chi connectivity index (χ4v) is 2.81. The number of rotatable bonds is 6. The minimum Gasteiger partial charge on any atom is -0.454 e. The Labute approximate surface area is 175 Å². The molecule has 30 heavy (non-hydrogen) atoms. The van der Waals surface area contributed by atoms with Gasteiger partial charge in [0.15, 0.2) is 6.61 Å². The van der Waals surface area contributed by atoms with Gasteiger partial charge in [-0.1, -0.05) is 39.8 Å². The summed E-state index contributed by atoms with van der Waals surface area (Å²) in [5.41, 5.74) is 0.199. The number of imide groups is 2. The van der Waals surface area contributed by atoms with E-state index in [1.807, 2.05) is 32.9 Å². The topological polar surface area (TPSA) is 122 Å². The minimum absolute atomic E-state index is 0.0682. The van der Waals surface area contributed by atoms with Crippen molar-refractivity contribution in [2.45, 2.75) is 52.0 Å². The first-order chi connectivity index (χ1) is 13.9. The summed E-state index contributed by atoms with van der Waals surface area (Å²) in [5, 5.41) is 4.64. The van der Waals surface area contributed by atoms with E-state index in [0.717, 1.165) is 10.5 Å². The maximum absolute atomic E-state index is 12.2.